The average molecular weight is 367 g/mol. The molecule has 140 valence electrons. The van der Waals surface area contributed by atoms with Crippen molar-refractivity contribution in [3.05, 3.63) is 48.0 Å². The number of Topliss-reactive ketones (excluding diaryl/α,β-unsaturated/α-hetero) is 2. The lowest BCUT2D eigenvalue weighted by atomic mass is 9.88. The Balaban J connectivity index is 1.51. The Kier molecular flexibility index (Phi) is 4.59. The zero-order valence-electron chi connectivity index (χ0n) is 15.0. The summed E-state index contributed by atoms with van der Waals surface area (Å²) in [6.07, 6.45) is 1.04. The van der Waals surface area contributed by atoms with Gasteiger partial charge in [0.1, 0.15) is 24.2 Å². The number of carbonyl (C=O) groups is 2. The van der Waals surface area contributed by atoms with Gasteiger partial charge in [-0.1, -0.05) is 0 Å². The van der Waals surface area contributed by atoms with Gasteiger partial charge in [-0.2, -0.15) is 0 Å². The fourth-order valence-corrected chi connectivity index (χ4v) is 3.47. The van der Waals surface area contributed by atoms with Crippen molar-refractivity contribution in [2.75, 3.05) is 43.4 Å². The molecule has 2 aliphatic rings. The molecule has 2 heterocycles. The largest absolute Gasteiger partial charge is 0.382 e. The minimum Gasteiger partial charge on any atom is -0.382 e. The Labute approximate surface area is 156 Å². The van der Waals surface area contributed by atoms with E-state index in [0.29, 0.717) is 5.69 Å². The van der Waals surface area contributed by atoms with Gasteiger partial charge in [0.2, 0.25) is 5.78 Å². The van der Waals surface area contributed by atoms with Gasteiger partial charge in [-0.05, 0) is 31.3 Å². The van der Waals surface area contributed by atoms with Crippen LogP contribution >= 0.6 is 0 Å². The fourth-order valence-electron chi connectivity index (χ4n) is 3.47. The number of carbonyl (C=O) groups excluding carboxylic acids is 2. The van der Waals surface area contributed by atoms with E-state index in [1.54, 1.807) is 0 Å². The number of likely N-dealkylation sites (N-methyl/N-ethyl adjacent to an activating group) is 1. The molecule has 1 aromatic carbocycles. The molecular formula is C19H21N5O3. The molecule has 8 nitrogen and oxygen atoms in total. The zero-order chi connectivity index (χ0) is 19.0. The van der Waals surface area contributed by atoms with Crippen LogP contribution in [0, 0.1) is 0 Å². The molecule has 27 heavy (non-hydrogen) atoms. The van der Waals surface area contributed by atoms with Crippen LogP contribution in [0.25, 0.3) is 0 Å². The average Bonchev–Trinajstić information content (AvgIpc) is 2.71. The number of aliphatic hydroxyl groups excluding tert-OH is 1. The molecule has 8 heteroatoms. The molecule has 2 aromatic rings. The number of aromatic nitrogens is 2. The SMILES string of the molecule is CN1CCN(c2ccc(NC3C(=O)c4cncnc4C(=O)C3O)cc2)CC1. The molecule has 1 fully saturated rings. The molecule has 1 aliphatic heterocycles. The predicted molar refractivity (Wildman–Crippen MR) is 100 cm³/mol. The summed E-state index contributed by atoms with van der Waals surface area (Å²) in [7, 11) is 2.11. The van der Waals surface area contributed by atoms with Gasteiger partial charge in [0.05, 0.1) is 5.56 Å². The number of rotatable bonds is 3. The number of aliphatic hydroxyl groups is 1. The van der Waals surface area contributed by atoms with Gasteiger partial charge in [0.25, 0.3) is 0 Å². The van der Waals surface area contributed by atoms with Crippen LogP contribution in [0.5, 0.6) is 0 Å². The quantitative estimate of drug-likeness (QED) is 0.807. The number of hydrogen-bond donors (Lipinski definition) is 2. The standard InChI is InChI=1S/C19H21N5O3/c1-23-6-8-24(9-7-23)13-4-2-12(3-5-13)22-16-17(25)14-10-20-11-21-15(14)18(26)19(16)27/h2-5,10-11,16,19,22,27H,6-9H2,1H3. The van der Waals surface area contributed by atoms with Crippen LogP contribution in [0.15, 0.2) is 36.8 Å². The second kappa shape index (κ2) is 7.05. The lowest BCUT2D eigenvalue weighted by Gasteiger charge is -2.34. The number of ketones is 2. The van der Waals surface area contributed by atoms with Crippen LogP contribution in [0.1, 0.15) is 20.8 Å². The van der Waals surface area contributed by atoms with Crippen molar-refractivity contribution in [3.8, 4) is 0 Å². The lowest BCUT2D eigenvalue weighted by molar-refractivity contribution is 0.0617. The highest BCUT2D eigenvalue weighted by Crippen LogP contribution is 2.24. The number of nitrogens with one attached hydrogen (secondary N) is 1. The summed E-state index contributed by atoms with van der Waals surface area (Å²) in [5.41, 5.74) is 1.89. The molecule has 2 atom stereocenters. The summed E-state index contributed by atoms with van der Waals surface area (Å²) < 4.78 is 0. The van der Waals surface area contributed by atoms with Crippen molar-refractivity contribution in [3.63, 3.8) is 0 Å². The Morgan fingerprint density at radius 1 is 1.07 bits per heavy atom. The first kappa shape index (κ1) is 17.6. The van der Waals surface area contributed by atoms with E-state index in [0.717, 1.165) is 31.9 Å². The number of anilines is 2. The molecule has 2 unspecified atom stereocenters. The topological polar surface area (TPSA) is 98.7 Å². The third-order valence-corrected chi connectivity index (χ3v) is 5.14. The fraction of sp³-hybridized carbons (Fsp3) is 0.368. The minimum absolute atomic E-state index is 0.0223. The Morgan fingerprint density at radius 3 is 2.48 bits per heavy atom. The van der Waals surface area contributed by atoms with E-state index in [-0.39, 0.29) is 17.0 Å². The number of fused-ring (bicyclic) bond motifs is 1. The summed E-state index contributed by atoms with van der Waals surface area (Å²) in [6, 6.07) is 6.62. The summed E-state index contributed by atoms with van der Waals surface area (Å²) in [5.74, 6) is -0.959. The molecule has 0 spiro atoms. The van der Waals surface area contributed by atoms with Gasteiger partial charge >= 0.3 is 0 Å². The molecule has 2 N–H and O–H groups in total. The highest BCUT2D eigenvalue weighted by Gasteiger charge is 2.41. The van der Waals surface area contributed by atoms with Crippen LogP contribution in [-0.2, 0) is 0 Å². The molecular weight excluding hydrogens is 346 g/mol. The maximum atomic E-state index is 12.7. The minimum atomic E-state index is -1.47. The summed E-state index contributed by atoms with van der Waals surface area (Å²) in [4.78, 5) is 37.2. The van der Waals surface area contributed by atoms with Crippen LogP contribution < -0.4 is 10.2 Å². The van der Waals surface area contributed by atoms with E-state index in [1.165, 1.54) is 12.5 Å². The summed E-state index contributed by atoms with van der Waals surface area (Å²) >= 11 is 0. The van der Waals surface area contributed by atoms with Gasteiger partial charge in [-0.15, -0.1) is 0 Å². The van der Waals surface area contributed by atoms with Gasteiger partial charge in [-0.25, -0.2) is 9.97 Å². The normalized spacial score (nSPS) is 23.3. The number of benzene rings is 1. The molecule has 0 amide bonds. The first-order valence-electron chi connectivity index (χ1n) is 8.91. The highest BCUT2D eigenvalue weighted by atomic mass is 16.3. The van der Waals surface area contributed by atoms with Gasteiger partial charge < -0.3 is 20.2 Å². The molecule has 1 aromatic heterocycles. The van der Waals surface area contributed by atoms with Crippen molar-refractivity contribution in [2.45, 2.75) is 12.1 Å². The van der Waals surface area contributed by atoms with E-state index in [2.05, 4.69) is 32.1 Å². The van der Waals surface area contributed by atoms with Crippen molar-refractivity contribution in [2.24, 2.45) is 0 Å². The van der Waals surface area contributed by atoms with E-state index < -0.39 is 17.9 Å². The van der Waals surface area contributed by atoms with E-state index >= 15 is 0 Å². The Bertz CT molecular complexity index is 862. The van der Waals surface area contributed by atoms with Crippen molar-refractivity contribution < 1.29 is 14.7 Å². The molecule has 1 saturated heterocycles. The second-order valence-electron chi connectivity index (χ2n) is 6.92. The van der Waals surface area contributed by atoms with Crippen molar-refractivity contribution >= 4 is 22.9 Å². The van der Waals surface area contributed by atoms with Gasteiger partial charge in [-0.3, -0.25) is 9.59 Å². The number of nitrogens with zero attached hydrogens (tertiary/aromatic N) is 4. The first-order valence-corrected chi connectivity index (χ1v) is 8.91. The van der Waals surface area contributed by atoms with E-state index in [9.17, 15) is 14.7 Å². The Morgan fingerprint density at radius 2 is 1.78 bits per heavy atom. The molecule has 4 rings (SSSR count). The summed E-state index contributed by atoms with van der Waals surface area (Å²) in [5, 5.41) is 13.3. The third kappa shape index (κ3) is 3.29. The smallest absolute Gasteiger partial charge is 0.213 e. The van der Waals surface area contributed by atoms with Gasteiger partial charge in [0, 0.05) is 43.8 Å². The van der Waals surface area contributed by atoms with Crippen molar-refractivity contribution in [1.29, 1.82) is 0 Å². The highest BCUT2D eigenvalue weighted by molar-refractivity contribution is 6.18. The van der Waals surface area contributed by atoms with Gasteiger partial charge in [0.15, 0.2) is 5.78 Å². The molecule has 0 radical (unpaired) electrons. The molecule has 1 aliphatic carbocycles. The lowest BCUT2D eigenvalue weighted by Crippen LogP contribution is -2.50. The molecule has 0 saturated carbocycles. The predicted octanol–water partition coefficient (Wildman–Crippen LogP) is 0.449. The maximum Gasteiger partial charge on any atom is 0.213 e. The number of piperazine rings is 1. The molecule has 0 bridgehead atoms. The van der Waals surface area contributed by atoms with E-state index in [4.69, 9.17) is 0 Å². The monoisotopic (exact) mass is 367 g/mol. The first-order chi connectivity index (χ1) is 13.0. The maximum absolute atomic E-state index is 12.7. The second-order valence-corrected chi connectivity index (χ2v) is 6.92. The third-order valence-electron chi connectivity index (χ3n) is 5.14. The van der Waals surface area contributed by atoms with Crippen LogP contribution in [0.4, 0.5) is 11.4 Å². The van der Waals surface area contributed by atoms with E-state index in [1.807, 2.05) is 24.3 Å². The van der Waals surface area contributed by atoms with Crippen LogP contribution in [0.3, 0.4) is 0 Å². The number of hydrogen-bond acceptors (Lipinski definition) is 8. The van der Waals surface area contributed by atoms with Crippen molar-refractivity contribution in [1.82, 2.24) is 14.9 Å². The van der Waals surface area contributed by atoms with Crippen LogP contribution in [-0.4, -0.2) is 76.9 Å². The summed E-state index contributed by atoms with van der Waals surface area (Å²) in [6.45, 7) is 3.97. The van der Waals surface area contributed by atoms with Crippen LogP contribution in [0.2, 0.25) is 0 Å². The zero-order valence-corrected chi connectivity index (χ0v) is 15.0. The Hall–Kier alpha value is -2.84.